The van der Waals surface area contributed by atoms with Crippen molar-refractivity contribution in [2.45, 2.75) is 20.3 Å². The molecule has 0 bridgehead atoms. The van der Waals surface area contributed by atoms with Crippen molar-refractivity contribution in [2.24, 2.45) is 0 Å². The molecule has 0 spiro atoms. The maximum absolute atomic E-state index is 12.3. The van der Waals surface area contributed by atoms with Crippen LogP contribution >= 0.6 is 11.3 Å². The van der Waals surface area contributed by atoms with Gasteiger partial charge in [0.15, 0.2) is 0 Å². The van der Waals surface area contributed by atoms with Crippen LogP contribution in [-0.4, -0.2) is 22.5 Å². The van der Waals surface area contributed by atoms with Gasteiger partial charge in [0.25, 0.3) is 0 Å². The van der Waals surface area contributed by atoms with Gasteiger partial charge in [-0.15, -0.1) is 11.3 Å². The monoisotopic (exact) mass is 353 g/mol. The molecule has 1 amide bonds. The molecule has 0 saturated heterocycles. The van der Waals surface area contributed by atoms with Gasteiger partial charge in [-0.1, -0.05) is 6.07 Å². The summed E-state index contributed by atoms with van der Waals surface area (Å²) in [6.07, 6.45) is 2.04. The zero-order valence-electron chi connectivity index (χ0n) is 14.2. The van der Waals surface area contributed by atoms with E-state index in [1.54, 1.807) is 6.20 Å². The van der Waals surface area contributed by atoms with Crippen molar-refractivity contribution in [3.05, 3.63) is 59.2 Å². The van der Waals surface area contributed by atoms with E-state index >= 15 is 0 Å². The first-order valence-electron chi connectivity index (χ1n) is 8.06. The third-order valence-corrected chi connectivity index (χ3v) is 4.73. The van der Waals surface area contributed by atoms with E-state index in [1.807, 2.05) is 56.3 Å². The van der Waals surface area contributed by atoms with E-state index < -0.39 is 0 Å². The molecular formula is C19H19N3O2S. The fraction of sp³-hybridized carbons (Fsp3) is 0.211. The molecule has 25 heavy (non-hydrogen) atoms. The zero-order valence-corrected chi connectivity index (χ0v) is 15.0. The van der Waals surface area contributed by atoms with Crippen LogP contribution in [-0.2, 0) is 11.2 Å². The molecule has 3 rings (SSSR count). The number of nitrogens with one attached hydrogen (secondary N) is 1. The van der Waals surface area contributed by atoms with Gasteiger partial charge >= 0.3 is 0 Å². The number of ether oxygens (including phenoxy) is 1. The van der Waals surface area contributed by atoms with Crippen LogP contribution in [0.1, 0.15) is 17.5 Å². The summed E-state index contributed by atoms with van der Waals surface area (Å²) in [6.45, 7) is 4.48. The second-order valence-corrected chi connectivity index (χ2v) is 6.51. The first-order chi connectivity index (χ1) is 12.2. The molecule has 2 aromatic heterocycles. The van der Waals surface area contributed by atoms with Gasteiger partial charge in [-0.05, 0) is 50.2 Å². The highest BCUT2D eigenvalue weighted by Gasteiger charge is 2.13. The van der Waals surface area contributed by atoms with Crippen molar-refractivity contribution in [3.63, 3.8) is 0 Å². The van der Waals surface area contributed by atoms with Crippen LogP contribution in [0.4, 0.5) is 5.69 Å². The molecule has 0 atom stereocenters. The van der Waals surface area contributed by atoms with Crippen LogP contribution < -0.4 is 10.1 Å². The van der Waals surface area contributed by atoms with Crippen molar-refractivity contribution in [2.75, 3.05) is 11.9 Å². The van der Waals surface area contributed by atoms with Crippen molar-refractivity contribution < 1.29 is 9.53 Å². The van der Waals surface area contributed by atoms with E-state index in [-0.39, 0.29) is 5.91 Å². The van der Waals surface area contributed by atoms with Crippen LogP contribution in [0.25, 0.3) is 10.7 Å². The molecule has 5 nitrogen and oxygen atoms in total. The number of thiazole rings is 1. The van der Waals surface area contributed by atoms with Crippen LogP contribution in [0.3, 0.4) is 0 Å². The summed E-state index contributed by atoms with van der Waals surface area (Å²) in [7, 11) is 0. The van der Waals surface area contributed by atoms with E-state index in [2.05, 4.69) is 15.3 Å². The maximum atomic E-state index is 12.3. The first-order valence-corrected chi connectivity index (χ1v) is 8.87. The number of hydrogen-bond donors (Lipinski definition) is 1. The normalized spacial score (nSPS) is 10.5. The third kappa shape index (κ3) is 4.42. The largest absolute Gasteiger partial charge is 0.494 e. The molecule has 0 aliphatic rings. The van der Waals surface area contributed by atoms with E-state index in [9.17, 15) is 4.79 Å². The summed E-state index contributed by atoms with van der Waals surface area (Å²) in [6, 6.07) is 13.1. The fourth-order valence-electron chi connectivity index (χ4n) is 2.34. The lowest BCUT2D eigenvalue weighted by Gasteiger charge is -2.06. The summed E-state index contributed by atoms with van der Waals surface area (Å²) < 4.78 is 5.40. The highest BCUT2D eigenvalue weighted by molar-refractivity contribution is 7.15. The molecule has 0 saturated carbocycles. The van der Waals surface area contributed by atoms with Crippen LogP contribution in [0, 0.1) is 6.92 Å². The highest BCUT2D eigenvalue weighted by Crippen LogP contribution is 2.27. The van der Waals surface area contributed by atoms with Gasteiger partial charge in [0.2, 0.25) is 5.91 Å². The Labute approximate surface area is 150 Å². The predicted molar refractivity (Wildman–Crippen MR) is 100 cm³/mol. The third-order valence-electron chi connectivity index (χ3n) is 3.55. The zero-order chi connectivity index (χ0) is 17.6. The molecule has 0 aliphatic heterocycles. The number of anilines is 1. The van der Waals surface area contributed by atoms with Gasteiger partial charge in [-0.25, -0.2) is 4.98 Å². The molecule has 0 aliphatic carbocycles. The second-order valence-electron chi connectivity index (χ2n) is 5.42. The molecule has 0 radical (unpaired) electrons. The Morgan fingerprint density at radius 3 is 2.68 bits per heavy atom. The van der Waals surface area contributed by atoms with Crippen molar-refractivity contribution in [1.82, 2.24) is 9.97 Å². The SMILES string of the molecule is CCOc1ccc(NC(=O)Cc2sc(-c3ccccn3)nc2C)cc1. The van der Waals surface area contributed by atoms with Gasteiger partial charge < -0.3 is 10.1 Å². The summed E-state index contributed by atoms with van der Waals surface area (Å²) in [4.78, 5) is 22.1. The molecule has 0 fully saturated rings. The molecule has 1 aromatic carbocycles. The van der Waals surface area contributed by atoms with Crippen LogP contribution in [0.2, 0.25) is 0 Å². The standard InChI is InChI=1S/C19H19N3O2S/c1-3-24-15-9-7-14(8-10-15)22-18(23)12-17-13(2)21-19(25-17)16-6-4-5-11-20-16/h4-11H,3,12H2,1-2H3,(H,22,23). The Morgan fingerprint density at radius 1 is 1.20 bits per heavy atom. The number of carbonyl (C=O) groups excluding carboxylic acids is 1. The van der Waals surface area contributed by atoms with E-state index in [1.165, 1.54) is 11.3 Å². The van der Waals surface area contributed by atoms with Gasteiger partial charge in [0, 0.05) is 16.8 Å². The van der Waals surface area contributed by atoms with Gasteiger partial charge in [0.05, 0.1) is 24.4 Å². The lowest BCUT2D eigenvalue weighted by Crippen LogP contribution is -2.14. The molecule has 128 valence electrons. The number of nitrogens with zero attached hydrogens (tertiary/aromatic N) is 2. The minimum atomic E-state index is -0.0662. The Bertz CT molecular complexity index is 845. The minimum Gasteiger partial charge on any atom is -0.494 e. The number of aromatic nitrogens is 2. The summed E-state index contributed by atoms with van der Waals surface area (Å²) in [5.74, 6) is 0.724. The number of hydrogen-bond acceptors (Lipinski definition) is 5. The molecule has 0 unspecified atom stereocenters. The van der Waals surface area contributed by atoms with Gasteiger partial charge in [-0.3, -0.25) is 9.78 Å². The Hall–Kier alpha value is -2.73. The Balaban J connectivity index is 1.66. The quantitative estimate of drug-likeness (QED) is 0.725. The van der Waals surface area contributed by atoms with Crippen LogP contribution in [0.15, 0.2) is 48.7 Å². The van der Waals surface area contributed by atoms with E-state index in [4.69, 9.17) is 4.74 Å². The summed E-state index contributed by atoms with van der Waals surface area (Å²) in [5.41, 5.74) is 2.45. The van der Waals surface area contributed by atoms with Crippen LogP contribution in [0.5, 0.6) is 5.75 Å². The van der Waals surface area contributed by atoms with Gasteiger partial charge in [0.1, 0.15) is 10.8 Å². The van der Waals surface area contributed by atoms with E-state index in [0.717, 1.165) is 32.7 Å². The summed E-state index contributed by atoms with van der Waals surface area (Å²) in [5, 5.41) is 3.74. The lowest BCUT2D eigenvalue weighted by atomic mass is 10.2. The number of benzene rings is 1. The molecule has 2 heterocycles. The van der Waals surface area contributed by atoms with Gasteiger partial charge in [-0.2, -0.15) is 0 Å². The number of rotatable bonds is 6. The second kappa shape index (κ2) is 7.90. The smallest absolute Gasteiger partial charge is 0.229 e. The predicted octanol–water partition coefficient (Wildman–Crippen LogP) is 4.09. The van der Waals surface area contributed by atoms with Crippen molar-refractivity contribution >= 4 is 22.9 Å². The lowest BCUT2D eigenvalue weighted by molar-refractivity contribution is -0.115. The Morgan fingerprint density at radius 2 is 2.00 bits per heavy atom. The summed E-state index contributed by atoms with van der Waals surface area (Å²) >= 11 is 1.51. The van der Waals surface area contributed by atoms with Crippen molar-refractivity contribution in [3.8, 4) is 16.5 Å². The number of pyridine rings is 1. The Kier molecular flexibility index (Phi) is 5.40. The first kappa shape index (κ1) is 17.1. The van der Waals surface area contributed by atoms with E-state index in [0.29, 0.717) is 13.0 Å². The average Bonchev–Trinajstić information content (AvgIpc) is 2.98. The number of carbonyl (C=O) groups is 1. The number of amides is 1. The highest BCUT2D eigenvalue weighted by atomic mass is 32.1. The molecule has 3 aromatic rings. The fourth-order valence-corrected chi connectivity index (χ4v) is 3.38. The minimum absolute atomic E-state index is 0.0662. The number of aryl methyl sites for hydroxylation is 1. The molecule has 1 N–H and O–H groups in total. The molecule has 6 heteroatoms. The average molecular weight is 353 g/mol. The van der Waals surface area contributed by atoms with Crippen molar-refractivity contribution in [1.29, 1.82) is 0 Å². The molecular weight excluding hydrogens is 334 g/mol. The maximum Gasteiger partial charge on any atom is 0.229 e. The topological polar surface area (TPSA) is 64.1 Å².